The Morgan fingerprint density at radius 2 is 1.74 bits per heavy atom. The van der Waals surface area contributed by atoms with Crippen molar-refractivity contribution in [1.29, 1.82) is 0 Å². The fourth-order valence-corrected chi connectivity index (χ4v) is 1.60. The summed E-state index contributed by atoms with van der Waals surface area (Å²) < 4.78 is 10.4. The summed E-state index contributed by atoms with van der Waals surface area (Å²) in [6, 6.07) is 3.38. The molecule has 106 valence electrons. The molecule has 1 aromatic carbocycles. The first-order valence-electron chi connectivity index (χ1n) is 6.19. The Kier molecular flexibility index (Phi) is 5.18. The average Bonchev–Trinajstić information content (AvgIpc) is 2.39. The van der Waals surface area contributed by atoms with Crippen molar-refractivity contribution in [1.82, 2.24) is 0 Å². The minimum atomic E-state index is -0.257. The highest BCUT2D eigenvalue weighted by atomic mass is 16.5. The first-order chi connectivity index (χ1) is 8.90. The lowest BCUT2D eigenvalue weighted by Gasteiger charge is -2.18. The summed E-state index contributed by atoms with van der Waals surface area (Å²) in [6.45, 7) is 5.51. The minimum absolute atomic E-state index is 0.106. The van der Waals surface area contributed by atoms with Gasteiger partial charge in [0.15, 0.2) is 11.5 Å². The summed E-state index contributed by atoms with van der Waals surface area (Å²) >= 11 is 0. The van der Waals surface area contributed by atoms with Gasteiger partial charge in [0.1, 0.15) is 0 Å². The van der Waals surface area contributed by atoms with Crippen LogP contribution in [-0.4, -0.2) is 26.2 Å². The zero-order valence-corrected chi connectivity index (χ0v) is 12.1. The molecule has 2 atom stereocenters. The van der Waals surface area contributed by atoms with Crippen molar-refractivity contribution in [2.75, 3.05) is 19.5 Å². The molecule has 0 aliphatic heterocycles. The second-order valence-corrected chi connectivity index (χ2v) is 4.66. The molecule has 1 rings (SSSR count). The maximum atomic E-state index is 12.0. The van der Waals surface area contributed by atoms with Gasteiger partial charge in [-0.15, -0.1) is 0 Å². The number of nitrogens with one attached hydrogen (secondary N) is 1. The Morgan fingerprint density at radius 3 is 2.21 bits per heavy atom. The Bertz CT molecular complexity index is 458. The molecule has 3 N–H and O–H groups in total. The van der Waals surface area contributed by atoms with E-state index in [2.05, 4.69) is 5.32 Å². The number of hydrogen-bond acceptors (Lipinski definition) is 4. The van der Waals surface area contributed by atoms with Crippen LogP contribution in [0.5, 0.6) is 11.5 Å². The lowest BCUT2D eigenvalue weighted by molar-refractivity contribution is -0.119. The zero-order valence-electron chi connectivity index (χ0n) is 12.1. The predicted molar refractivity (Wildman–Crippen MR) is 75.7 cm³/mol. The summed E-state index contributed by atoms with van der Waals surface area (Å²) in [6.07, 6.45) is 0. The third-order valence-electron chi connectivity index (χ3n) is 3.19. The van der Waals surface area contributed by atoms with Gasteiger partial charge in [-0.05, 0) is 25.5 Å². The second kappa shape index (κ2) is 6.43. The number of aryl methyl sites for hydroxylation is 1. The van der Waals surface area contributed by atoms with Crippen molar-refractivity contribution < 1.29 is 14.3 Å². The van der Waals surface area contributed by atoms with Crippen LogP contribution in [0.2, 0.25) is 0 Å². The van der Waals surface area contributed by atoms with Gasteiger partial charge >= 0.3 is 0 Å². The number of benzene rings is 1. The van der Waals surface area contributed by atoms with E-state index in [9.17, 15) is 4.79 Å². The molecule has 1 amide bonds. The van der Waals surface area contributed by atoms with E-state index >= 15 is 0 Å². The smallest absolute Gasteiger partial charge is 0.228 e. The highest BCUT2D eigenvalue weighted by Crippen LogP contribution is 2.33. The largest absolute Gasteiger partial charge is 0.493 e. The second-order valence-electron chi connectivity index (χ2n) is 4.66. The number of ether oxygens (including phenoxy) is 2. The lowest BCUT2D eigenvalue weighted by atomic mass is 10.0. The van der Waals surface area contributed by atoms with Crippen LogP contribution in [0.4, 0.5) is 5.69 Å². The number of carbonyl (C=O) groups is 1. The fourth-order valence-electron chi connectivity index (χ4n) is 1.60. The van der Waals surface area contributed by atoms with Gasteiger partial charge in [-0.3, -0.25) is 4.79 Å². The van der Waals surface area contributed by atoms with E-state index in [0.717, 1.165) is 5.56 Å². The molecule has 0 aromatic heterocycles. The van der Waals surface area contributed by atoms with E-state index < -0.39 is 0 Å². The van der Waals surface area contributed by atoms with Gasteiger partial charge < -0.3 is 20.5 Å². The van der Waals surface area contributed by atoms with Gasteiger partial charge in [0, 0.05) is 17.8 Å². The maximum absolute atomic E-state index is 12.0. The van der Waals surface area contributed by atoms with Gasteiger partial charge in [0.05, 0.1) is 20.1 Å². The fraction of sp³-hybridized carbons (Fsp3) is 0.500. The van der Waals surface area contributed by atoms with E-state index in [1.165, 1.54) is 0 Å². The Labute approximate surface area is 114 Å². The van der Waals surface area contributed by atoms with Crippen molar-refractivity contribution in [3.63, 3.8) is 0 Å². The number of carbonyl (C=O) groups excluding carboxylic acids is 1. The van der Waals surface area contributed by atoms with E-state index in [4.69, 9.17) is 15.2 Å². The standard InChI is InChI=1S/C14H22N2O3/c1-8-6-12(18-4)13(19-5)7-11(8)16-14(17)9(2)10(3)15/h6-7,9-10H,15H2,1-5H3,(H,16,17). The molecule has 5 heteroatoms. The molecular formula is C14H22N2O3. The average molecular weight is 266 g/mol. The molecule has 0 bridgehead atoms. The van der Waals surface area contributed by atoms with Crippen LogP contribution in [0.3, 0.4) is 0 Å². The van der Waals surface area contributed by atoms with E-state index in [0.29, 0.717) is 17.2 Å². The summed E-state index contributed by atoms with van der Waals surface area (Å²) in [5.74, 6) is 0.855. The topological polar surface area (TPSA) is 73.6 Å². The monoisotopic (exact) mass is 266 g/mol. The number of anilines is 1. The highest BCUT2D eigenvalue weighted by Gasteiger charge is 2.18. The summed E-state index contributed by atoms with van der Waals surface area (Å²) in [5.41, 5.74) is 7.33. The molecule has 5 nitrogen and oxygen atoms in total. The van der Waals surface area contributed by atoms with Gasteiger partial charge in [0.2, 0.25) is 5.91 Å². The van der Waals surface area contributed by atoms with Crippen molar-refractivity contribution in [3.05, 3.63) is 17.7 Å². The summed E-state index contributed by atoms with van der Waals surface area (Å²) in [7, 11) is 3.14. The van der Waals surface area contributed by atoms with Gasteiger partial charge in [-0.1, -0.05) is 6.92 Å². The molecule has 0 radical (unpaired) electrons. The quantitative estimate of drug-likeness (QED) is 0.854. The number of rotatable bonds is 5. The molecule has 0 aliphatic rings. The normalized spacial score (nSPS) is 13.6. The summed E-state index contributed by atoms with van der Waals surface area (Å²) in [4.78, 5) is 12.0. The van der Waals surface area contributed by atoms with Crippen molar-refractivity contribution in [3.8, 4) is 11.5 Å². The molecule has 1 aromatic rings. The van der Waals surface area contributed by atoms with Crippen LogP contribution in [0.1, 0.15) is 19.4 Å². The van der Waals surface area contributed by atoms with Crippen LogP contribution in [0.15, 0.2) is 12.1 Å². The van der Waals surface area contributed by atoms with Gasteiger partial charge in [0.25, 0.3) is 0 Å². The molecule has 0 fully saturated rings. The number of methoxy groups -OCH3 is 2. The molecule has 0 saturated carbocycles. The van der Waals surface area contributed by atoms with E-state index in [1.54, 1.807) is 27.2 Å². The number of nitrogens with two attached hydrogens (primary N) is 1. The van der Waals surface area contributed by atoms with Gasteiger partial charge in [-0.2, -0.15) is 0 Å². The molecular weight excluding hydrogens is 244 g/mol. The Hall–Kier alpha value is -1.75. The molecule has 19 heavy (non-hydrogen) atoms. The van der Waals surface area contributed by atoms with Crippen LogP contribution in [0, 0.1) is 12.8 Å². The lowest BCUT2D eigenvalue weighted by Crippen LogP contribution is -2.34. The Balaban J connectivity index is 2.99. The minimum Gasteiger partial charge on any atom is -0.493 e. The van der Waals surface area contributed by atoms with Crippen LogP contribution in [0.25, 0.3) is 0 Å². The first kappa shape index (κ1) is 15.3. The SMILES string of the molecule is COc1cc(C)c(NC(=O)C(C)C(C)N)cc1OC. The highest BCUT2D eigenvalue weighted by molar-refractivity contribution is 5.93. The van der Waals surface area contributed by atoms with Crippen LogP contribution >= 0.6 is 0 Å². The third kappa shape index (κ3) is 3.61. The molecule has 0 aliphatic carbocycles. The molecule has 0 saturated heterocycles. The van der Waals surface area contributed by atoms with E-state index in [-0.39, 0.29) is 17.9 Å². The van der Waals surface area contributed by atoms with Crippen molar-refractivity contribution in [2.24, 2.45) is 11.7 Å². The van der Waals surface area contributed by atoms with Crippen LogP contribution < -0.4 is 20.5 Å². The van der Waals surface area contributed by atoms with Crippen molar-refractivity contribution in [2.45, 2.75) is 26.8 Å². The summed E-state index contributed by atoms with van der Waals surface area (Å²) in [5, 5.41) is 2.86. The Morgan fingerprint density at radius 1 is 1.21 bits per heavy atom. The first-order valence-corrected chi connectivity index (χ1v) is 6.19. The molecule has 2 unspecified atom stereocenters. The van der Waals surface area contributed by atoms with Crippen molar-refractivity contribution >= 4 is 11.6 Å². The zero-order chi connectivity index (χ0) is 14.6. The third-order valence-corrected chi connectivity index (χ3v) is 3.19. The molecule has 0 heterocycles. The predicted octanol–water partition coefficient (Wildman–Crippen LogP) is 1.93. The van der Waals surface area contributed by atoms with E-state index in [1.807, 2.05) is 19.9 Å². The van der Waals surface area contributed by atoms with Crippen LogP contribution in [-0.2, 0) is 4.79 Å². The number of hydrogen-bond donors (Lipinski definition) is 2. The van der Waals surface area contributed by atoms with Gasteiger partial charge in [-0.25, -0.2) is 0 Å². The number of amides is 1. The maximum Gasteiger partial charge on any atom is 0.228 e. The molecule has 0 spiro atoms.